The lowest BCUT2D eigenvalue weighted by atomic mass is 10.2. The Morgan fingerprint density at radius 1 is 1.24 bits per heavy atom. The third-order valence-electron chi connectivity index (χ3n) is 4.11. The highest BCUT2D eigenvalue weighted by Crippen LogP contribution is 2.27. The van der Waals surface area contributed by atoms with Crippen LogP contribution in [0.15, 0.2) is 53.6 Å². The second-order valence-corrected chi connectivity index (χ2v) is 8.14. The number of aromatic hydroxyl groups is 1. The summed E-state index contributed by atoms with van der Waals surface area (Å²) in [6, 6.07) is 14.2. The van der Waals surface area contributed by atoms with Gasteiger partial charge < -0.3 is 9.84 Å². The van der Waals surface area contributed by atoms with Crippen molar-refractivity contribution in [1.82, 2.24) is 0 Å². The second-order valence-electron chi connectivity index (χ2n) is 5.91. The summed E-state index contributed by atoms with van der Waals surface area (Å²) in [7, 11) is -1.53. The summed E-state index contributed by atoms with van der Waals surface area (Å²) in [5.41, 5.74) is 1.59. The fourth-order valence-electron chi connectivity index (χ4n) is 2.82. The van der Waals surface area contributed by atoms with E-state index in [0.29, 0.717) is 12.2 Å². The topological polar surface area (TPSA) is 79.2 Å². The van der Waals surface area contributed by atoms with Crippen molar-refractivity contribution in [2.24, 2.45) is 5.10 Å². The molecule has 1 aliphatic rings. The number of ether oxygens (including phenoxy) is 1. The van der Waals surface area contributed by atoms with Crippen LogP contribution in [0.4, 0.5) is 5.69 Å². The van der Waals surface area contributed by atoms with Crippen molar-refractivity contribution in [3.05, 3.63) is 54.1 Å². The highest BCUT2D eigenvalue weighted by Gasteiger charge is 2.32. The predicted octanol–water partition coefficient (Wildman–Crippen LogP) is 2.43. The lowest BCUT2D eigenvalue weighted by molar-refractivity contribution is 0.373. The monoisotopic (exact) mass is 360 g/mol. The maximum absolute atomic E-state index is 11.8. The summed E-state index contributed by atoms with van der Waals surface area (Å²) >= 11 is 0. The van der Waals surface area contributed by atoms with Crippen molar-refractivity contribution in [3.8, 4) is 11.5 Å². The molecule has 0 bridgehead atoms. The third kappa shape index (κ3) is 4.11. The average molecular weight is 360 g/mol. The zero-order valence-electron chi connectivity index (χ0n) is 13.9. The van der Waals surface area contributed by atoms with E-state index in [-0.39, 0.29) is 23.3 Å². The van der Waals surface area contributed by atoms with Crippen LogP contribution in [-0.4, -0.2) is 44.4 Å². The van der Waals surface area contributed by atoms with E-state index in [1.165, 1.54) is 13.2 Å². The van der Waals surface area contributed by atoms with Gasteiger partial charge in [0.1, 0.15) is 0 Å². The molecule has 0 unspecified atom stereocenters. The van der Waals surface area contributed by atoms with Gasteiger partial charge in [0.15, 0.2) is 21.3 Å². The molecule has 0 aliphatic carbocycles. The number of hydrogen-bond acceptors (Lipinski definition) is 6. The quantitative estimate of drug-likeness (QED) is 0.654. The Kier molecular flexibility index (Phi) is 4.94. The molecule has 0 amide bonds. The summed E-state index contributed by atoms with van der Waals surface area (Å²) in [6.45, 7) is 0. The first-order chi connectivity index (χ1) is 12.0. The first-order valence-electron chi connectivity index (χ1n) is 7.94. The van der Waals surface area contributed by atoms with Gasteiger partial charge in [0, 0.05) is 0 Å². The van der Waals surface area contributed by atoms with Crippen molar-refractivity contribution in [1.29, 1.82) is 0 Å². The standard InChI is InChI=1S/C18H20N2O4S/c1-24-18-11-14(7-8-17(18)21)12-19-20(15-5-3-2-4-6-15)16-9-10-25(22,23)13-16/h2-8,11-12,16,21H,9-10,13H2,1H3/b19-12-/t16-/m1/s1. The van der Waals surface area contributed by atoms with E-state index in [2.05, 4.69) is 5.10 Å². The van der Waals surface area contributed by atoms with E-state index in [9.17, 15) is 13.5 Å². The Labute approximate surface area is 147 Å². The van der Waals surface area contributed by atoms with Gasteiger partial charge in [-0.25, -0.2) is 8.42 Å². The normalized spacial score (nSPS) is 19.2. The van der Waals surface area contributed by atoms with Crippen LogP contribution in [-0.2, 0) is 9.84 Å². The number of anilines is 1. The number of hydrogen-bond donors (Lipinski definition) is 1. The van der Waals surface area contributed by atoms with Gasteiger partial charge in [0.2, 0.25) is 0 Å². The van der Waals surface area contributed by atoms with Crippen LogP contribution >= 0.6 is 0 Å². The van der Waals surface area contributed by atoms with Gasteiger partial charge in [-0.1, -0.05) is 18.2 Å². The molecule has 2 aromatic carbocycles. The van der Waals surface area contributed by atoms with Crippen molar-refractivity contribution in [3.63, 3.8) is 0 Å². The Hall–Kier alpha value is -2.54. The van der Waals surface area contributed by atoms with Crippen LogP contribution in [0.25, 0.3) is 0 Å². The number of hydrazone groups is 1. The van der Waals surface area contributed by atoms with E-state index < -0.39 is 9.84 Å². The molecule has 1 N–H and O–H groups in total. The maximum atomic E-state index is 11.8. The van der Waals surface area contributed by atoms with Crippen LogP contribution < -0.4 is 9.75 Å². The highest BCUT2D eigenvalue weighted by atomic mass is 32.2. The summed E-state index contributed by atoms with van der Waals surface area (Å²) in [5.74, 6) is 0.696. The molecular formula is C18H20N2O4S. The van der Waals surface area contributed by atoms with E-state index >= 15 is 0 Å². The van der Waals surface area contributed by atoms with Crippen LogP contribution in [0.1, 0.15) is 12.0 Å². The smallest absolute Gasteiger partial charge is 0.161 e. The van der Waals surface area contributed by atoms with Crippen molar-refractivity contribution in [2.75, 3.05) is 23.6 Å². The summed E-state index contributed by atoms with van der Waals surface area (Å²) in [4.78, 5) is 0. The number of rotatable bonds is 5. The van der Waals surface area contributed by atoms with Crippen LogP contribution in [0.2, 0.25) is 0 Å². The molecule has 0 radical (unpaired) electrons. The summed E-state index contributed by atoms with van der Waals surface area (Å²) in [6.07, 6.45) is 2.19. The lowest BCUT2D eigenvalue weighted by Gasteiger charge is -2.25. The van der Waals surface area contributed by atoms with Crippen molar-refractivity contribution < 1.29 is 18.3 Å². The van der Waals surface area contributed by atoms with Gasteiger partial charge in [0.05, 0.1) is 36.6 Å². The summed E-state index contributed by atoms with van der Waals surface area (Å²) < 4.78 is 28.8. The lowest BCUT2D eigenvalue weighted by Crippen LogP contribution is -2.31. The predicted molar refractivity (Wildman–Crippen MR) is 98.2 cm³/mol. The first kappa shape index (κ1) is 17.3. The highest BCUT2D eigenvalue weighted by molar-refractivity contribution is 7.91. The van der Waals surface area contributed by atoms with Crippen LogP contribution in [0, 0.1) is 0 Å². The molecule has 0 aromatic heterocycles. The van der Waals surface area contributed by atoms with Gasteiger partial charge >= 0.3 is 0 Å². The maximum Gasteiger partial charge on any atom is 0.161 e. The molecular weight excluding hydrogens is 340 g/mol. The molecule has 1 heterocycles. The van der Waals surface area contributed by atoms with E-state index in [1.807, 2.05) is 30.3 Å². The van der Waals surface area contributed by atoms with E-state index in [4.69, 9.17) is 4.74 Å². The van der Waals surface area contributed by atoms with Crippen molar-refractivity contribution >= 4 is 21.7 Å². The number of nitrogens with zero attached hydrogens (tertiary/aromatic N) is 2. The van der Waals surface area contributed by atoms with Gasteiger partial charge in [0.25, 0.3) is 0 Å². The third-order valence-corrected chi connectivity index (χ3v) is 5.86. The Morgan fingerprint density at radius 3 is 2.64 bits per heavy atom. The molecule has 1 aliphatic heterocycles. The largest absolute Gasteiger partial charge is 0.504 e. The molecule has 25 heavy (non-hydrogen) atoms. The number of sulfone groups is 1. The molecule has 1 atom stereocenters. The molecule has 6 nitrogen and oxygen atoms in total. The molecule has 2 aromatic rings. The number of benzene rings is 2. The number of phenolic OH excluding ortho intramolecular Hbond substituents is 1. The van der Waals surface area contributed by atoms with Gasteiger partial charge in [-0.3, -0.25) is 5.01 Å². The Balaban J connectivity index is 1.90. The zero-order chi connectivity index (χ0) is 17.9. The minimum absolute atomic E-state index is 0.0569. The Morgan fingerprint density at radius 2 is 2.00 bits per heavy atom. The molecule has 0 spiro atoms. The SMILES string of the molecule is COc1cc(/C=N\N(c2ccccc2)[C@@H]2CCS(=O)(=O)C2)ccc1O. The molecule has 1 saturated heterocycles. The van der Waals surface area contributed by atoms with Gasteiger partial charge in [-0.2, -0.15) is 5.10 Å². The van der Waals surface area contributed by atoms with Crippen molar-refractivity contribution in [2.45, 2.75) is 12.5 Å². The number of para-hydroxylation sites is 1. The molecule has 0 saturated carbocycles. The fraction of sp³-hybridized carbons (Fsp3) is 0.278. The summed E-state index contributed by atoms with van der Waals surface area (Å²) in [5, 5.41) is 16.0. The second kappa shape index (κ2) is 7.14. The molecule has 1 fully saturated rings. The van der Waals surface area contributed by atoms with E-state index in [0.717, 1.165) is 11.3 Å². The molecule has 3 rings (SSSR count). The van der Waals surface area contributed by atoms with Gasteiger partial charge in [-0.15, -0.1) is 0 Å². The van der Waals surface area contributed by atoms with Crippen LogP contribution in [0.3, 0.4) is 0 Å². The van der Waals surface area contributed by atoms with E-state index in [1.54, 1.807) is 23.4 Å². The minimum Gasteiger partial charge on any atom is -0.504 e. The fourth-order valence-corrected chi connectivity index (χ4v) is 4.52. The minimum atomic E-state index is -3.02. The average Bonchev–Trinajstić information content (AvgIpc) is 2.97. The molecule has 7 heteroatoms. The zero-order valence-corrected chi connectivity index (χ0v) is 14.7. The van der Waals surface area contributed by atoms with Gasteiger partial charge in [-0.05, 0) is 42.3 Å². The molecule has 132 valence electrons. The van der Waals surface area contributed by atoms with Crippen LogP contribution in [0.5, 0.6) is 11.5 Å². The number of methoxy groups -OCH3 is 1. The number of phenols is 1. The first-order valence-corrected chi connectivity index (χ1v) is 9.76. The Bertz CT molecular complexity index is 866.